The molecule has 0 spiro atoms. The third kappa shape index (κ3) is 2.71. The molecule has 0 saturated carbocycles. The molecule has 0 heterocycles. The maximum absolute atomic E-state index is 11.0. The van der Waals surface area contributed by atoms with Crippen LogP contribution in [0.4, 0.5) is 22.7 Å². The van der Waals surface area contributed by atoms with Gasteiger partial charge < -0.3 is 10.2 Å². The third-order valence-corrected chi connectivity index (χ3v) is 2.85. The van der Waals surface area contributed by atoms with Crippen molar-refractivity contribution in [3.63, 3.8) is 0 Å². The lowest BCUT2D eigenvalue weighted by Gasteiger charge is -2.18. The quantitative estimate of drug-likeness (QED) is 0.439. The number of nitro benzene ring substituents is 2. The van der Waals surface area contributed by atoms with Gasteiger partial charge >= 0.3 is 5.69 Å². The molecule has 2 aromatic rings. The van der Waals surface area contributed by atoms with Gasteiger partial charge in [-0.05, 0) is 24.3 Å². The van der Waals surface area contributed by atoms with Gasteiger partial charge in [-0.15, -0.1) is 0 Å². The normalized spacial score (nSPS) is 10.2. The molecule has 114 valence electrons. The Hall–Kier alpha value is -3.40. The summed E-state index contributed by atoms with van der Waals surface area (Å²) in [6.07, 6.45) is 0. The van der Waals surface area contributed by atoms with Crippen LogP contribution in [0.25, 0.3) is 0 Å². The number of nitrogens with two attached hydrogens (primary N) is 1. The van der Waals surface area contributed by atoms with E-state index < -0.39 is 27.0 Å². The molecule has 0 atom stereocenters. The molecule has 0 unspecified atom stereocenters. The first-order valence-corrected chi connectivity index (χ1v) is 5.81. The summed E-state index contributed by atoms with van der Waals surface area (Å²) in [4.78, 5) is 20.2. The molecule has 0 saturated heterocycles. The Morgan fingerprint density at radius 3 is 2.18 bits per heavy atom. The number of aromatic hydroxyl groups is 2. The van der Waals surface area contributed by atoms with E-state index in [2.05, 4.69) is 0 Å². The van der Waals surface area contributed by atoms with E-state index >= 15 is 0 Å². The van der Waals surface area contributed by atoms with Crippen LogP contribution in [0.2, 0.25) is 0 Å². The average molecular weight is 306 g/mol. The molecule has 0 radical (unpaired) electrons. The lowest BCUT2D eigenvalue weighted by Crippen LogP contribution is -2.25. The largest absolute Gasteiger partial charge is 0.508 e. The van der Waals surface area contributed by atoms with Crippen LogP contribution in [0.15, 0.2) is 36.4 Å². The van der Waals surface area contributed by atoms with Crippen LogP contribution in [0.5, 0.6) is 11.5 Å². The molecule has 4 N–H and O–H groups in total. The van der Waals surface area contributed by atoms with Crippen molar-refractivity contribution in [3.8, 4) is 11.5 Å². The number of hydrogen-bond acceptors (Lipinski definition) is 8. The number of nitrogens with zero attached hydrogens (tertiary/aromatic N) is 3. The molecule has 0 bridgehead atoms. The minimum absolute atomic E-state index is 0.0540. The standard InChI is InChI=1S/C12H10N4O6/c13-14(7-1-4-12(18)11(5-7)16(21)22)9-3-2-8(17)6-10(9)15(19)20/h1-6,17-18H,13H2. The molecule has 0 fully saturated rings. The first kappa shape index (κ1) is 15.0. The Morgan fingerprint density at radius 2 is 1.59 bits per heavy atom. The van der Waals surface area contributed by atoms with Gasteiger partial charge in [-0.25, -0.2) is 5.84 Å². The van der Waals surface area contributed by atoms with Gasteiger partial charge in [0.05, 0.1) is 21.6 Å². The first-order valence-electron chi connectivity index (χ1n) is 5.81. The van der Waals surface area contributed by atoms with Crippen molar-refractivity contribution in [2.24, 2.45) is 5.84 Å². The van der Waals surface area contributed by atoms with Crippen LogP contribution in [-0.2, 0) is 0 Å². The molecular weight excluding hydrogens is 296 g/mol. The maximum Gasteiger partial charge on any atom is 0.312 e. The van der Waals surface area contributed by atoms with Gasteiger partial charge in [0.1, 0.15) is 11.4 Å². The zero-order chi connectivity index (χ0) is 16.4. The molecule has 0 aliphatic carbocycles. The first-order chi connectivity index (χ1) is 10.3. The minimum atomic E-state index is -0.808. The Bertz CT molecular complexity index is 763. The number of phenols is 2. The van der Waals surface area contributed by atoms with Crippen molar-refractivity contribution in [2.45, 2.75) is 0 Å². The summed E-state index contributed by atoms with van der Waals surface area (Å²) in [7, 11) is 0. The van der Waals surface area contributed by atoms with Gasteiger partial charge in [-0.2, -0.15) is 0 Å². The number of hydrogen-bond donors (Lipinski definition) is 3. The van der Waals surface area contributed by atoms with Crippen LogP contribution >= 0.6 is 0 Å². The molecule has 0 aromatic heterocycles. The third-order valence-electron chi connectivity index (χ3n) is 2.85. The number of nitro groups is 2. The number of phenolic OH excluding ortho intramolecular Hbond substituents is 2. The number of rotatable bonds is 4. The van der Waals surface area contributed by atoms with E-state index in [-0.39, 0.29) is 17.1 Å². The summed E-state index contributed by atoms with van der Waals surface area (Å²) in [5, 5.41) is 41.4. The molecule has 2 rings (SSSR count). The van der Waals surface area contributed by atoms with Crippen molar-refractivity contribution in [3.05, 3.63) is 56.6 Å². The Labute approximate surface area is 122 Å². The van der Waals surface area contributed by atoms with Gasteiger partial charge in [0.2, 0.25) is 0 Å². The molecule has 2 aromatic carbocycles. The highest BCUT2D eigenvalue weighted by molar-refractivity contribution is 5.74. The minimum Gasteiger partial charge on any atom is -0.508 e. The van der Waals surface area contributed by atoms with Crippen molar-refractivity contribution < 1.29 is 20.1 Å². The summed E-state index contributed by atoms with van der Waals surface area (Å²) in [6, 6.07) is 6.59. The molecule has 0 aliphatic heterocycles. The average Bonchev–Trinajstić information content (AvgIpc) is 2.46. The summed E-state index contributed by atoms with van der Waals surface area (Å²) < 4.78 is 0. The second kappa shape index (κ2) is 5.54. The topological polar surface area (TPSA) is 156 Å². The van der Waals surface area contributed by atoms with Crippen LogP contribution in [-0.4, -0.2) is 20.1 Å². The Kier molecular flexibility index (Phi) is 3.77. The SMILES string of the molecule is NN(c1ccc(O)c([N+](=O)[O-])c1)c1ccc(O)cc1[N+](=O)[O-]. The predicted molar refractivity (Wildman–Crippen MR) is 75.8 cm³/mol. The van der Waals surface area contributed by atoms with Gasteiger partial charge in [0.15, 0.2) is 5.75 Å². The summed E-state index contributed by atoms with van der Waals surface area (Å²) in [5.41, 5.74) is -1.09. The van der Waals surface area contributed by atoms with Crippen molar-refractivity contribution in [2.75, 3.05) is 5.01 Å². The van der Waals surface area contributed by atoms with Gasteiger partial charge in [0.25, 0.3) is 5.69 Å². The van der Waals surface area contributed by atoms with E-state index in [0.717, 1.165) is 23.2 Å². The van der Waals surface area contributed by atoms with Crippen molar-refractivity contribution >= 4 is 22.7 Å². The fourth-order valence-corrected chi connectivity index (χ4v) is 1.81. The summed E-state index contributed by atoms with van der Waals surface area (Å²) >= 11 is 0. The molecule has 0 aliphatic rings. The van der Waals surface area contributed by atoms with Crippen LogP contribution in [0.3, 0.4) is 0 Å². The highest BCUT2D eigenvalue weighted by Gasteiger charge is 2.22. The fraction of sp³-hybridized carbons (Fsp3) is 0. The number of anilines is 2. The second-order valence-electron chi connectivity index (χ2n) is 4.23. The van der Waals surface area contributed by atoms with E-state index in [1.807, 2.05) is 0 Å². The number of hydrazine groups is 1. The van der Waals surface area contributed by atoms with Crippen molar-refractivity contribution in [1.29, 1.82) is 0 Å². The van der Waals surface area contributed by atoms with Gasteiger partial charge in [0, 0.05) is 6.07 Å². The smallest absolute Gasteiger partial charge is 0.312 e. The van der Waals surface area contributed by atoms with E-state index in [0.29, 0.717) is 0 Å². The zero-order valence-electron chi connectivity index (χ0n) is 10.9. The molecule has 0 amide bonds. The monoisotopic (exact) mass is 306 g/mol. The summed E-state index contributed by atoms with van der Waals surface area (Å²) in [5.74, 6) is 4.89. The van der Waals surface area contributed by atoms with E-state index in [1.54, 1.807) is 0 Å². The molecule has 10 heteroatoms. The van der Waals surface area contributed by atoms with Crippen LogP contribution in [0, 0.1) is 20.2 Å². The number of benzene rings is 2. The maximum atomic E-state index is 11.0. The lowest BCUT2D eigenvalue weighted by atomic mass is 10.2. The Morgan fingerprint density at radius 1 is 0.955 bits per heavy atom. The molecule has 22 heavy (non-hydrogen) atoms. The van der Waals surface area contributed by atoms with E-state index in [4.69, 9.17) is 5.84 Å². The van der Waals surface area contributed by atoms with E-state index in [9.17, 15) is 30.4 Å². The fourth-order valence-electron chi connectivity index (χ4n) is 1.81. The van der Waals surface area contributed by atoms with Gasteiger partial charge in [-0.3, -0.25) is 25.2 Å². The van der Waals surface area contributed by atoms with Gasteiger partial charge in [-0.1, -0.05) is 0 Å². The molecular formula is C12H10N4O6. The molecule has 10 nitrogen and oxygen atoms in total. The zero-order valence-corrected chi connectivity index (χ0v) is 10.9. The van der Waals surface area contributed by atoms with Crippen LogP contribution in [0.1, 0.15) is 0 Å². The summed E-state index contributed by atoms with van der Waals surface area (Å²) in [6.45, 7) is 0. The predicted octanol–water partition coefficient (Wildman–Crippen LogP) is 1.93. The van der Waals surface area contributed by atoms with Crippen LogP contribution < -0.4 is 10.9 Å². The lowest BCUT2D eigenvalue weighted by molar-refractivity contribution is -0.385. The highest BCUT2D eigenvalue weighted by atomic mass is 16.6. The second-order valence-corrected chi connectivity index (χ2v) is 4.23. The highest BCUT2D eigenvalue weighted by Crippen LogP contribution is 2.36. The van der Waals surface area contributed by atoms with Crippen molar-refractivity contribution in [1.82, 2.24) is 0 Å². The van der Waals surface area contributed by atoms with E-state index in [1.165, 1.54) is 18.2 Å². The Balaban J connectivity index is 2.53.